The molecular formula is C15H20N4O3S. The lowest BCUT2D eigenvalue weighted by Gasteiger charge is -2.13. The highest BCUT2D eigenvalue weighted by molar-refractivity contribution is 7.91. The maximum Gasteiger partial charge on any atom is 0.249 e. The van der Waals surface area contributed by atoms with E-state index in [1.165, 1.54) is 23.5 Å². The van der Waals surface area contributed by atoms with Gasteiger partial charge in [-0.1, -0.05) is 30.3 Å². The third-order valence-electron chi connectivity index (χ3n) is 3.39. The van der Waals surface area contributed by atoms with E-state index in [0.29, 0.717) is 0 Å². The van der Waals surface area contributed by atoms with Crippen LogP contribution < -0.4 is 5.32 Å². The minimum absolute atomic E-state index is 0.114. The van der Waals surface area contributed by atoms with E-state index in [9.17, 15) is 13.2 Å². The highest BCUT2D eigenvalue weighted by atomic mass is 32.2. The Morgan fingerprint density at radius 2 is 2.00 bits per heavy atom. The Bertz CT molecular complexity index is 756. The number of aryl methyl sites for hydroxylation is 2. The Morgan fingerprint density at radius 1 is 1.30 bits per heavy atom. The Morgan fingerprint density at radius 3 is 2.61 bits per heavy atom. The molecule has 1 atom stereocenters. The summed E-state index contributed by atoms with van der Waals surface area (Å²) in [5.74, 6) is -1.16. The fraction of sp³-hybridized carbons (Fsp3) is 0.400. The standard InChI is InChI=1S/C15H20N4O3S/c1-12(8-9-13-6-4-3-5-7-13)17-14(20)10-23(21,22)15-18-16-11-19(15)2/h3-7,11-12H,8-10H2,1-2H3,(H,17,20)/t12-/m0/s1. The van der Waals surface area contributed by atoms with Crippen LogP contribution in [-0.4, -0.2) is 40.9 Å². The molecule has 0 saturated heterocycles. The molecule has 0 unspecified atom stereocenters. The van der Waals surface area contributed by atoms with Gasteiger partial charge in [-0.25, -0.2) is 8.42 Å². The first kappa shape index (κ1) is 17.1. The van der Waals surface area contributed by atoms with Crippen molar-refractivity contribution in [3.63, 3.8) is 0 Å². The van der Waals surface area contributed by atoms with Crippen molar-refractivity contribution in [2.75, 3.05) is 5.75 Å². The van der Waals surface area contributed by atoms with Crippen molar-refractivity contribution in [2.45, 2.75) is 31.0 Å². The molecule has 2 rings (SSSR count). The average molecular weight is 336 g/mol. The predicted octanol–water partition coefficient (Wildman–Crippen LogP) is 0.726. The second-order valence-corrected chi connectivity index (χ2v) is 7.36. The Labute approximate surface area is 135 Å². The molecule has 0 saturated carbocycles. The molecule has 2 aromatic rings. The van der Waals surface area contributed by atoms with E-state index in [1.54, 1.807) is 0 Å². The summed E-state index contributed by atoms with van der Waals surface area (Å²) < 4.78 is 25.5. The van der Waals surface area contributed by atoms with Crippen LogP contribution in [-0.2, 0) is 28.1 Å². The molecule has 0 aliphatic rings. The van der Waals surface area contributed by atoms with Gasteiger partial charge in [-0.2, -0.15) is 0 Å². The molecule has 23 heavy (non-hydrogen) atoms. The van der Waals surface area contributed by atoms with Gasteiger partial charge in [-0.05, 0) is 25.3 Å². The lowest BCUT2D eigenvalue weighted by atomic mass is 10.1. The smallest absolute Gasteiger partial charge is 0.249 e. The topological polar surface area (TPSA) is 93.9 Å². The summed E-state index contributed by atoms with van der Waals surface area (Å²) in [4.78, 5) is 11.9. The highest BCUT2D eigenvalue weighted by Gasteiger charge is 2.24. The first-order chi connectivity index (χ1) is 10.9. The van der Waals surface area contributed by atoms with E-state index >= 15 is 0 Å². The molecule has 0 spiro atoms. The maximum absolute atomic E-state index is 12.1. The highest BCUT2D eigenvalue weighted by Crippen LogP contribution is 2.07. The fourth-order valence-electron chi connectivity index (χ4n) is 2.21. The van der Waals surface area contributed by atoms with Crippen molar-refractivity contribution in [1.29, 1.82) is 0 Å². The monoisotopic (exact) mass is 336 g/mol. The van der Waals surface area contributed by atoms with Crippen molar-refractivity contribution >= 4 is 15.7 Å². The SMILES string of the molecule is C[C@@H](CCc1ccccc1)NC(=O)CS(=O)(=O)c1nncn1C. The van der Waals surface area contributed by atoms with Gasteiger partial charge in [0, 0.05) is 13.1 Å². The predicted molar refractivity (Wildman–Crippen MR) is 85.4 cm³/mol. The summed E-state index contributed by atoms with van der Waals surface area (Å²) in [7, 11) is -2.26. The number of sulfone groups is 1. The summed E-state index contributed by atoms with van der Waals surface area (Å²) in [6, 6.07) is 9.81. The van der Waals surface area contributed by atoms with Crippen LogP contribution in [0.2, 0.25) is 0 Å². The van der Waals surface area contributed by atoms with Crippen LogP contribution in [0.25, 0.3) is 0 Å². The Balaban J connectivity index is 1.86. The Hall–Kier alpha value is -2.22. The van der Waals surface area contributed by atoms with Gasteiger partial charge < -0.3 is 9.88 Å². The van der Waals surface area contributed by atoms with Crippen molar-refractivity contribution < 1.29 is 13.2 Å². The van der Waals surface area contributed by atoms with Crippen LogP contribution in [0.4, 0.5) is 0 Å². The van der Waals surface area contributed by atoms with E-state index in [-0.39, 0.29) is 11.2 Å². The van der Waals surface area contributed by atoms with Gasteiger partial charge in [0.15, 0.2) is 0 Å². The van der Waals surface area contributed by atoms with Gasteiger partial charge in [-0.15, -0.1) is 10.2 Å². The molecule has 1 N–H and O–H groups in total. The second-order valence-electron chi connectivity index (χ2n) is 5.48. The number of amides is 1. The average Bonchev–Trinajstić information content (AvgIpc) is 2.92. The van der Waals surface area contributed by atoms with Crippen molar-refractivity contribution in [3.8, 4) is 0 Å². The minimum Gasteiger partial charge on any atom is -0.353 e. The van der Waals surface area contributed by atoms with E-state index in [0.717, 1.165) is 12.8 Å². The van der Waals surface area contributed by atoms with Crippen LogP contribution in [0.5, 0.6) is 0 Å². The zero-order valence-corrected chi connectivity index (χ0v) is 14.0. The Kier molecular flexibility index (Phi) is 5.49. The van der Waals surface area contributed by atoms with Gasteiger partial charge in [0.05, 0.1) is 0 Å². The van der Waals surface area contributed by atoms with Gasteiger partial charge in [-0.3, -0.25) is 4.79 Å². The summed E-state index contributed by atoms with van der Waals surface area (Å²) in [5, 5.41) is 9.57. The summed E-state index contributed by atoms with van der Waals surface area (Å²) in [5.41, 5.74) is 1.18. The van der Waals surface area contributed by atoms with Crippen LogP contribution in [0, 0.1) is 0 Å². The number of hydrogen-bond donors (Lipinski definition) is 1. The maximum atomic E-state index is 12.1. The number of rotatable bonds is 7. The molecular weight excluding hydrogens is 316 g/mol. The molecule has 0 aliphatic heterocycles. The molecule has 1 heterocycles. The van der Waals surface area contributed by atoms with E-state index in [2.05, 4.69) is 15.5 Å². The van der Waals surface area contributed by atoms with E-state index in [1.807, 2.05) is 37.3 Å². The minimum atomic E-state index is -3.78. The second kappa shape index (κ2) is 7.36. The lowest BCUT2D eigenvalue weighted by Crippen LogP contribution is -2.37. The summed E-state index contributed by atoms with van der Waals surface area (Å²) in [6.45, 7) is 1.86. The third-order valence-corrected chi connectivity index (χ3v) is 4.95. The van der Waals surface area contributed by atoms with Gasteiger partial charge in [0.25, 0.3) is 0 Å². The molecule has 0 bridgehead atoms. The number of hydrogen-bond acceptors (Lipinski definition) is 5. The molecule has 0 radical (unpaired) electrons. The van der Waals surface area contributed by atoms with Gasteiger partial charge in [0.2, 0.25) is 20.9 Å². The summed E-state index contributed by atoms with van der Waals surface area (Å²) in [6.07, 6.45) is 2.84. The van der Waals surface area contributed by atoms with Crippen molar-refractivity contribution in [1.82, 2.24) is 20.1 Å². The van der Waals surface area contributed by atoms with Crippen LogP contribution >= 0.6 is 0 Å². The number of benzene rings is 1. The molecule has 0 aliphatic carbocycles. The van der Waals surface area contributed by atoms with Crippen LogP contribution in [0.3, 0.4) is 0 Å². The number of carbonyl (C=O) groups is 1. The molecule has 1 aromatic carbocycles. The van der Waals surface area contributed by atoms with Crippen LogP contribution in [0.15, 0.2) is 41.8 Å². The molecule has 1 amide bonds. The third kappa shape index (κ3) is 4.88. The van der Waals surface area contributed by atoms with E-state index in [4.69, 9.17) is 0 Å². The molecule has 0 fully saturated rings. The molecule has 124 valence electrons. The number of aromatic nitrogens is 3. The quantitative estimate of drug-likeness (QED) is 0.804. The zero-order chi connectivity index (χ0) is 16.9. The first-order valence-electron chi connectivity index (χ1n) is 7.28. The van der Waals surface area contributed by atoms with Crippen LogP contribution in [0.1, 0.15) is 18.9 Å². The normalized spacial score (nSPS) is 12.8. The molecule has 8 heteroatoms. The lowest BCUT2D eigenvalue weighted by molar-refractivity contribution is -0.119. The molecule has 7 nitrogen and oxygen atoms in total. The van der Waals surface area contributed by atoms with E-state index < -0.39 is 21.5 Å². The first-order valence-corrected chi connectivity index (χ1v) is 8.94. The van der Waals surface area contributed by atoms with Gasteiger partial charge in [0.1, 0.15) is 12.1 Å². The number of carbonyl (C=O) groups excluding carboxylic acids is 1. The molecule has 1 aromatic heterocycles. The fourth-order valence-corrected chi connectivity index (χ4v) is 3.42. The summed E-state index contributed by atoms with van der Waals surface area (Å²) >= 11 is 0. The zero-order valence-electron chi connectivity index (χ0n) is 13.1. The number of nitrogens with zero attached hydrogens (tertiary/aromatic N) is 3. The van der Waals surface area contributed by atoms with Crippen molar-refractivity contribution in [2.24, 2.45) is 7.05 Å². The van der Waals surface area contributed by atoms with Crippen molar-refractivity contribution in [3.05, 3.63) is 42.2 Å². The number of nitrogens with one attached hydrogen (secondary N) is 1. The van der Waals surface area contributed by atoms with Gasteiger partial charge >= 0.3 is 0 Å². The largest absolute Gasteiger partial charge is 0.353 e.